The van der Waals surface area contributed by atoms with Gasteiger partial charge in [-0.1, -0.05) is 6.42 Å². The largest absolute Gasteiger partial charge is 0.364 e. The number of anilines is 1. The minimum absolute atomic E-state index is 0.306. The van der Waals surface area contributed by atoms with E-state index in [-0.39, 0.29) is 5.69 Å². The molecule has 1 aliphatic carbocycles. The number of fused-ring (bicyclic) bond motifs is 1. The Morgan fingerprint density at radius 2 is 2.35 bits per heavy atom. The van der Waals surface area contributed by atoms with Gasteiger partial charge < -0.3 is 10.6 Å². The number of nitrogens with one attached hydrogen (secondary N) is 1. The van der Waals surface area contributed by atoms with Gasteiger partial charge in [-0.3, -0.25) is 0 Å². The van der Waals surface area contributed by atoms with Gasteiger partial charge in [-0.2, -0.15) is 9.61 Å². The van der Waals surface area contributed by atoms with Gasteiger partial charge in [0, 0.05) is 12.6 Å². The first-order valence-electron chi connectivity index (χ1n) is 7.15. The van der Waals surface area contributed by atoms with E-state index in [0.717, 1.165) is 18.8 Å². The summed E-state index contributed by atoms with van der Waals surface area (Å²) in [7, 11) is 0. The lowest BCUT2D eigenvalue weighted by Gasteiger charge is -2.32. The second-order valence-corrected chi connectivity index (χ2v) is 5.27. The summed E-state index contributed by atoms with van der Waals surface area (Å²) in [6.45, 7) is 3.66. The van der Waals surface area contributed by atoms with Crippen LogP contribution in [0.3, 0.4) is 0 Å². The van der Waals surface area contributed by atoms with Crippen LogP contribution in [0.1, 0.15) is 26.2 Å². The van der Waals surface area contributed by atoms with Crippen molar-refractivity contribution in [3.63, 3.8) is 0 Å². The van der Waals surface area contributed by atoms with Crippen molar-refractivity contribution >= 4 is 11.5 Å². The van der Waals surface area contributed by atoms with Crippen LogP contribution < -0.4 is 16.3 Å². The molecular weight excluding hydrogens is 256 g/mol. The molecule has 0 bridgehead atoms. The lowest BCUT2D eigenvalue weighted by molar-refractivity contribution is 0.458. The van der Waals surface area contributed by atoms with E-state index in [1.807, 2.05) is 12.1 Å². The predicted molar refractivity (Wildman–Crippen MR) is 76.8 cm³/mol. The molecular formula is C13H20N6O. The Balaban J connectivity index is 1.98. The molecule has 1 aliphatic rings. The van der Waals surface area contributed by atoms with Crippen molar-refractivity contribution in [2.45, 2.75) is 32.2 Å². The lowest BCUT2D eigenvalue weighted by atomic mass is 10.0. The molecule has 108 valence electrons. The van der Waals surface area contributed by atoms with Gasteiger partial charge in [0.2, 0.25) is 0 Å². The summed E-state index contributed by atoms with van der Waals surface area (Å²) in [6, 6.07) is 4.15. The molecule has 0 aliphatic heterocycles. The second kappa shape index (κ2) is 5.24. The maximum Gasteiger partial charge on any atom is 0.364 e. The van der Waals surface area contributed by atoms with Crippen molar-refractivity contribution in [3.05, 3.63) is 22.6 Å². The van der Waals surface area contributed by atoms with Gasteiger partial charge in [0.05, 0.1) is 0 Å². The summed E-state index contributed by atoms with van der Waals surface area (Å²) in [4.78, 5) is 13.9. The summed E-state index contributed by atoms with van der Waals surface area (Å²) < 4.78 is 1.31. The number of hydrogen-bond donors (Lipinski definition) is 2. The van der Waals surface area contributed by atoms with Gasteiger partial charge in [-0.15, -0.1) is 5.10 Å². The maximum absolute atomic E-state index is 11.6. The van der Waals surface area contributed by atoms with Crippen LogP contribution in [0.5, 0.6) is 0 Å². The Morgan fingerprint density at radius 3 is 3.10 bits per heavy atom. The molecule has 0 amide bonds. The monoisotopic (exact) mass is 276 g/mol. The average molecular weight is 276 g/mol. The summed E-state index contributed by atoms with van der Waals surface area (Å²) in [5.74, 6) is 1.32. The van der Waals surface area contributed by atoms with E-state index in [1.54, 1.807) is 0 Å². The van der Waals surface area contributed by atoms with Crippen LogP contribution in [0.15, 0.2) is 16.9 Å². The number of aromatic nitrogens is 4. The highest BCUT2D eigenvalue weighted by Crippen LogP contribution is 2.31. The number of nitrogens with zero attached hydrogens (tertiary/aromatic N) is 4. The molecule has 1 fully saturated rings. The van der Waals surface area contributed by atoms with Crippen molar-refractivity contribution < 1.29 is 0 Å². The first kappa shape index (κ1) is 13.1. The van der Waals surface area contributed by atoms with Crippen LogP contribution in [0.4, 0.5) is 5.82 Å². The standard InChI is InChI=1S/C13H20N6O/c1-2-18(10-5-3-4-9(10)8-14)12-7-6-11-15-16-13(20)19(11)17-12/h6-7,9-10H,2-5,8,14H2,1H3,(H,16,20). The minimum Gasteiger partial charge on any atom is -0.352 e. The highest BCUT2D eigenvalue weighted by Gasteiger charge is 2.31. The number of H-pyrrole nitrogens is 1. The van der Waals surface area contributed by atoms with Crippen molar-refractivity contribution in [2.24, 2.45) is 11.7 Å². The molecule has 0 radical (unpaired) electrons. The third-order valence-electron chi connectivity index (χ3n) is 4.22. The van der Waals surface area contributed by atoms with Crippen LogP contribution >= 0.6 is 0 Å². The molecule has 7 heteroatoms. The Morgan fingerprint density at radius 1 is 1.50 bits per heavy atom. The summed E-state index contributed by atoms with van der Waals surface area (Å²) >= 11 is 0. The third-order valence-corrected chi connectivity index (χ3v) is 4.22. The number of aromatic amines is 1. The van der Waals surface area contributed by atoms with Crippen LogP contribution in [-0.4, -0.2) is 38.9 Å². The summed E-state index contributed by atoms with van der Waals surface area (Å²) in [6.07, 6.45) is 3.51. The zero-order valence-corrected chi connectivity index (χ0v) is 11.6. The SMILES string of the molecule is CCN(c1ccc2n[nH]c(=O)n2n1)C1CCCC1CN. The van der Waals surface area contributed by atoms with E-state index >= 15 is 0 Å². The molecule has 0 saturated heterocycles. The maximum atomic E-state index is 11.6. The second-order valence-electron chi connectivity index (χ2n) is 5.27. The molecule has 1 saturated carbocycles. The first-order valence-corrected chi connectivity index (χ1v) is 7.15. The Labute approximate surface area is 116 Å². The molecule has 2 aromatic rings. The normalized spacial score (nSPS) is 22.5. The van der Waals surface area contributed by atoms with E-state index in [0.29, 0.717) is 24.2 Å². The third kappa shape index (κ3) is 2.07. The zero-order chi connectivity index (χ0) is 14.1. The van der Waals surface area contributed by atoms with Crippen molar-refractivity contribution in [1.29, 1.82) is 0 Å². The van der Waals surface area contributed by atoms with Gasteiger partial charge in [0.1, 0.15) is 5.82 Å². The summed E-state index contributed by atoms with van der Waals surface area (Å²) in [5, 5.41) is 10.7. The number of nitrogens with two attached hydrogens (primary N) is 1. The van der Waals surface area contributed by atoms with Gasteiger partial charge in [-0.05, 0) is 44.4 Å². The fourth-order valence-electron chi connectivity index (χ4n) is 3.22. The van der Waals surface area contributed by atoms with Crippen molar-refractivity contribution in [1.82, 2.24) is 19.8 Å². The molecule has 0 aromatic carbocycles. The van der Waals surface area contributed by atoms with Gasteiger partial charge in [0.15, 0.2) is 5.65 Å². The molecule has 0 spiro atoms. The average Bonchev–Trinajstić information content (AvgIpc) is 3.07. The topological polar surface area (TPSA) is 92.3 Å². The molecule has 3 N–H and O–H groups in total. The molecule has 7 nitrogen and oxygen atoms in total. The molecule has 2 unspecified atom stereocenters. The van der Waals surface area contributed by atoms with Gasteiger partial charge in [-0.25, -0.2) is 9.89 Å². The van der Waals surface area contributed by atoms with E-state index in [1.165, 1.54) is 17.4 Å². The number of rotatable bonds is 4. The first-order chi connectivity index (χ1) is 9.74. The van der Waals surface area contributed by atoms with Crippen molar-refractivity contribution in [3.8, 4) is 0 Å². The molecule has 2 atom stereocenters. The highest BCUT2D eigenvalue weighted by atomic mass is 16.2. The van der Waals surface area contributed by atoms with E-state index in [2.05, 4.69) is 27.1 Å². The van der Waals surface area contributed by atoms with E-state index in [4.69, 9.17) is 5.73 Å². The van der Waals surface area contributed by atoms with Crippen LogP contribution in [0.2, 0.25) is 0 Å². The van der Waals surface area contributed by atoms with Crippen LogP contribution in [-0.2, 0) is 0 Å². The number of hydrogen-bond acceptors (Lipinski definition) is 5. The smallest absolute Gasteiger partial charge is 0.352 e. The van der Waals surface area contributed by atoms with Gasteiger partial charge in [0.25, 0.3) is 0 Å². The Bertz CT molecular complexity index is 648. The lowest BCUT2D eigenvalue weighted by Crippen LogP contribution is -2.41. The highest BCUT2D eigenvalue weighted by molar-refractivity contribution is 5.46. The zero-order valence-electron chi connectivity index (χ0n) is 11.6. The van der Waals surface area contributed by atoms with Crippen LogP contribution in [0.25, 0.3) is 5.65 Å². The van der Waals surface area contributed by atoms with Crippen molar-refractivity contribution in [2.75, 3.05) is 18.0 Å². The Kier molecular flexibility index (Phi) is 3.43. The van der Waals surface area contributed by atoms with Gasteiger partial charge >= 0.3 is 5.69 Å². The molecule has 2 aromatic heterocycles. The molecule has 2 heterocycles. The van der Waals surface area contributed by atoms with E-state index < -0.39 is 0 Å². The Hall–Kier alpha value is -1.89. The minimum atomic E-state index is -0.306. The van der Waals surface area contributed by atoms with Crippen LogP contribution in [0, 0.1) is 5.92 Å². The van der Waals surface area contributed by atoms with E-state index in [9.17, 15) is 4.79 Å². The fourth-order valence-corrected chi connectivity index (χ4v) is 3.22. The molecule has 3 rings (SSSR count). The fraction of sp³-hybridized carbons (Fsp3) is 0.615. The predicted octanol–water partition coefficient (Wildman–Crippen LogP) is 0.371. The summed E-state index contributed by atoms with van der Waals surface area (Å²) in [5.41, 5.74) is 6.11. The quantitative estimate of drug-likeness (QED) is 0.841. The molecule has 20 heavy (non-hydrogen) atoms.